The third-order valence-electron chi connectivity index (χ3n) is 5.62. The van der Waals surface area contributed by atoms with Crippen molar-refractivity contribution in [3.63, 3.8) is 0 Å². The summed E-state index contributed by atoms with van der Waals surface area (Å²) in [5.41, 5.74) is 0. The Labute approximate surface area is 221 Å². The number of carbonyl (C=O) groups is 2. The maximum Gasteiger partial charge on any atom is 0.315 e. The third kappa shape index (κ3) is 8.71. The molecular formula is C27H34N2O5S2. The van der Waals surface area contributed by atoms with Gasteiger partial charge in [0.25, 0.3) is 0 Å². The Hall–Kier alpha value is -2.78. The third-order valence-corrected chi connectivity index (χ3v) is 7.44. The van der Waals surface area contributed by atoms with Gasteiger partial charge in [-0.1, -0.05) is 49.4 Å². The Balaban J connectivity index is 1.70. The van der Waals surface area contributed by atoms with Crippen molar-refractivity contribution in [1.29, 1.82) is 0 Å². The zero-order valence-electron chi connectivity index (χ0n) is 20.6. The molecule has 2 aromatic carbocycles. The van der Waals surface area contributed by atoms with Gasteiger partial charge in [0.2, 0.25) is 6.29 Å². The van der Waals surface area contributed by atoms with Crippen molar-refractivity contribution in [1.82, 2.24) is 10.6 Å². The largest absolute Gasteiger partial charge is 0.481 e. The zero-order chi connectivity index (χ0) is 25.8. The second-order valence-electron chi connectivity index (χ2n) is 8.39. The molecule has 3 N–H and O–H groups in total. The summed E-state index contributed by atoms with van der Waals surface area (Å²) < 4.78 is 12.0. The van der Waals surface area contributed by atoms with E-state index in [1.165, 1.54) is 0 Å². The summed E-state index contributed by atoms with van der Waals surface area (Å²) in [7, 11) is 0. The number of amides is 2. The molecule has 0 saturated heterocycles. The molecule has 9 heteroatoms. The highest BCUT2D eigenvalue weighted by atomic mass is 32.2. The number of carbonyl (C=O) groups excluding carboxylic acids is 1. The number of aliphatic carboxylic acids is 1. The summed E-state index contributed by atoms with van der Waals surface area (Å²) in [6.45, 7) is 1.99. The van der Waals surface area contributed by atoms with Gasteiger partial charge in [-0.25, -0.2) is 4.79 Å². The van der Waals surface area contributed by atoms with Gasteiger partial charge in [-0.15, -0.1) is 11.8 Å². The van der Waals surface area contributed by atoms with Crippen LogP contribution in [0.4, 0.5) is 4.79 Å². The predicted octanol–water partition coefficient (Wildman–Crippen LogP) is 5.42. The van der Waals surface area contributed by atoms with Gasteiger partial charge in [0.05, 0.1) is 18.4 Å². The molecule has 2 amide bonds. The van der Waals surface area contributed by atoms with Crippen molar-refractivity contribution in [3.05, 3.63) is 66.7 Å². The molecule has 0 aliphatic carbocycles. The fourth-order valence-corrected chi connectivity index (χ4v) is 5.34. The van der Waals surface area contributed by atoms with Crippen LogP contribution < -0.4 is 20.1 Å². The molecule has 1 aliphatic rings. The van der Waals surface area contributed by atoms with Gasteiger partial charge in [-0.2, -0.15) is 11.8 Å². The average Bonchev–Trinajstić information content (AvgIpc) is 3.30. The molecule has 0 radical (unpaired) electrons. The van der Waals surface area contributed by atoms with Crippen molar-refractivity contribution in [2.75, 3.05) is 17.8 Å². The second-order valence-corrected chi connectivity index (χ2v) is 10.5. The van der Waals surface area contributed by atoms with E-state index in [0.717, 1.165) is 23.5 Å². The number of allylic oxidation sites excluding steroid dienone is 1. The van der Waals surface area contributed by atoms with Crippen LogP contribution in [0.25, 0.3) is 0 Å². The van der Waals surface area contributed by atoms with Crippen LogP contribution in [-0.4, -0.2) is 53.2 Å². The number of hydrogen-bond acceptors (Lipinski definition) is 6. The molecule has 1 aliphatic heterocycles. The number of benzene rings is 2. The van der Waals surface area contributed by atoms with Crippen LogP contribution in [-0.2, 0) is 4.79 Å². The number of nitrogens with one attached hydrogen (secondary N) is 2. The molecule has 0 saturated carbocycles. The topological polar surface area (TPSA) is 96.9 Å². The zero-order valence-corrected chi connectivity index (χ0v) is 22.2. The van der Waals surface area contributed by atoms with Gasteiger partial charge >= 0.3 is 12.0 Å². The van der Waals surface area contributed by atoms with Gasteiger partial charge in [-0.05, 0) is 49.1 Å². The van der Waals surface area contributed by atoms with E-state index >= 15 is 0 Å². The van der Waals surface area contributed by atoms with Crippen LogP contribution in [0, 0.1) is 5.92 Å². The number of carboxylic acids is 1. The fraction of sp³-hybridized carbons (Fsp3) is 0.407. The number of rotatable bonds is 14. The average molecular weight is 531 g/mol. The number of para-hydroxylation sites is 2. The fourth-order valence-electron chi connectivity index (χ4n) is 3.82. The number of fused-ring (bicyclic) bond motifs is 1. The molecule has 2 unspecified atom stereocenters. The van der Waals surface area contributed by atoms with E-state index in [4.69, 9.17) is 9.47 Å². The lowest BCUT2D eigenvalue weighted by atomic mass is 9.95. The second kappa shape index (κ2) is 14.7. The van der Waals surface area contributed by atoms with Crippen molar-refractivity contribution < 1.29 is 24.2 Å². The first kappa shape index (κ1) is 27.8. The SMILES string of the molecule is CCC=CC(C(CC(=O)O)NC(=O)N[C@@H](CCSC)CSc1ccccc1)C1Oc2ccccc2O1. The standard InChI is InChI=1S/C27H34N2O5S2/c1-3-4-12-21(26-33-23-13-8-9-14-24(23)34-26)22(17-25(30)31)29-27(32)28-19(15-16-35-2)18-36-20-10-6-5-7-11-20/h4-14,19,21-22,26H,3,15-18H2,1-2H3,(H,30,31)(H2,28,29,32)/t19-,21?,22?/m0/s1. The quantitative estimate of drug-likeness (QED) is 0.222. The van der Waals surface area contributed by atoms with Crippen LogP contribution in [0.2, 0.25) is 0 Å². The van der Waals surface area contributed by atoms with Gasteiger partial charge in [0.15, 0.2) is 11.5 Å². The van der Waals surface area contributed by atoms with E-state index in [1.807, 2.05) is 79.9 Å². The van der Waals surface area contributed by atoms with Crippen molar-refractivity contribution in [2.24, 2.45) is 5.92 Å². The first-order valence-corrected chi connectivity index (χ1v) is 14.4. The van der Waals surface area contributed by atoms with E-state index in [0.29, 0.717) is 17.3 Å². The molecule has 2 aromatic rings. The highest BCUT2D eigenvalue weighted by molar-refractivity contribution is 7.99. The Kier molecular flexibility index (Phi) is 11.4. The first-order valence-electron chi connectivity index (χ1n) is 12.0. The number of carboxylic acid groups (broad SMARTS) is 1. The minimum atomic E-state index is -1.01. The van der Waals surface area contributed by atoms with Crippen LogP contribution in [0.5, 0.6) is 11.5 Å². The first-order chi connectivity index (χ1) is 17.5. The number of urea groups is 1. The minimum Gasteiger partial charge on any atom is -0.481 e. The molecule has 36 heavy (non-hydrogen) atoms. The lowest BCUT2D eigenvalue weighted by Crippen LogP contribution is -2.52. The van der Waals surface area contributed by atoms with Crippen LogP contribution in [0.3, 0.4) is 0 Å². The molecule has 1 heterocycles. The Morgan fingerprint density at radius 1 is 1.06 bits per heavy atom. The highest BCUT2D eigenvalue weighted by Crippen LogP contribution is 2.37. The summed E-state index contributed by atoms with van der Waals surface area (Å²) >= 11 is 3.41. The molecule has 194 valence electrons. The summed E-state index contributed by atoms with van der Waals surface area (Å²) in [6, 6.07) is 16.2. The molecule has 0 aromatic heterocycles. The van der Waals surface area contributed by atoms with Crippen LogP contribution in [0.1, 0.15) is 26.2 Å². The molecule has 7 nitrogen and oxygen atoms in total. The van der Waals surface area contributed by atoms with Crippen LogP contribution >= 0.6 is 23.5 Å². The highest BCUT2D eigenvalue weighted by Gasteiger charge is 2.37. The molecular weight excluding hydrogens is 496 g/mol. The van der Waals surface area contributed by atoms with Gasteiger partial charge in [0, 0.05) is 16.7 Å². The minimum absolute atomic E-state index is 0.0685. The molecule has 3 rings (SSSR count). The lowest BCUT2D eigenvalue weighted by molar-refractivity contribution is -0.138. The van der Waals surface area contributed by atoms with E-state index in [2.05, 4.69) is 10.6 Å². The summed E-state index contributed by atoms with van der Waals surface area (Å²) in [6.07, 6.45) is 6.41. The predicted molar refractivity (Wildman–Crippen MR) is 146 cm³/mol. The van der Waals surface area contributed by atoms with Crippen molar-refractivity contribution >= 4 is 35.5 Å². The van der Waals surface area contributed by atoms with Gasteiger partial charge in [-0.3, -0.25) is 4.79 Å². The van der Waals surface area contributed by atoms with E-state index in [9.17, 15) is 14.7 Å². The van der Waals surface area contributed by atoms with Gasteiger partial charge < -0.3 is 25.2 Å². The smallest absolute Gasteiger partial charge is 0.315 e. The maximum atomic E-state index is 13.1. The Morgan fingerprint density at radius 3 is 2.33 bits per heavy atom. The van der Waals surface area contributed by atoms with E-state index in [1.54, 1.807) is 23.5 Å². The lowest BCUT2D eigenvalue weighted by Gasteiger charge is -2.29. The summed E-state index contributed by atoms with van der Waals surface area (Å²) in [5.74, 6) is 1.32. The summed E-state index contributed by atoms with van der Waals surface area (Å²) in [5, 5.41) is 15.6. The molecule has 0 fully saturated rings. The van der Waals surface area contributed by atoms with E-state index < -0.39 is 30.3 Å². The van der Waals surface area contributed by atoms with Crippen LogP contribution in [0.15, 0.2) is 71.6 Å². The van der Waals surface area contributed by atoms with Crippen molar-refractivity contribution in [3.8, 4) is 11.5 Å². The molecule has 0 spiro atoms. The van der Waals surface area contributed by atoms with Crippen molar-refractivity contribution in [2.45, 2.75) is 49.5 Å². The normalized spacial score (nSPS) is 15.4. The Bertz CT molecular complexity index is 980. The molecule has 3 atom stereocenters. The summed E-state index contributed by atoms with van der Waals surface area (Å²) in [4.78, 5) is 26.0. The number of hydrogen-bond donors (Lipinski definition) is 3. The maximum absolute atomic E-state index is 13.1. The monoisotopic (exact) mass is 530 g/mol. The number of thioether (sulfide) groups is 2. The number of ether oxygens (including phenoxy) is 2. The Morgan fingerprint density at radius 2 is 1.72 bits per heavy atom. The van der Waals surface area contributed by atoms with Gasteiger partial charge in [0.1, 0.15) is 0 Å². The van der Waals surface area contributed by atoms with E-state index in [-0.39, 0.29) is 12.5 Å². The molecule has 0 bridgehead atoms.